The summed E-state index contributed by atoms with van der Waals surface area (Å²) < 4.78 is 16.3. The van der Waals surface area contributed by atoms with Gasteiger partial charge in [0.05, 0.1) is 26.9 Å². The van der Waals surface area contributed by atoms with Gasteiger partial charge in [-0.2, -0.15) is 4.98 Å². The molecule has 2 aromatic carbocycles. The van der Waals surface area contributed by atoms with E-state index in [2.05, 4.69) is 15.0 Å². The van der Waals surface area contributed by atoms with Gasteiger partial charge in [0.1, 0.15) is 11.5 Å². The Balaban J connectivity index is 1.50. The Kier molecular flexibility index (Phi) is 5.27. The van der Waals surface area contributed by atoms with Gasteiger partial charge in [-0.25, -0.2) is 0 Å². The monoisotopic (exact) mass is 381 g/mol. The second-order valence-corrected chi connectivity index (χ2v) is 6.81. The molecule has 1 atom stereocenters. The van der Waals surface area contributed by atoms with Crippen molar-refractivity contribution in [2.45, 2.75) is 25.6 Å². The molecule has 2 heterocycles. The van der Waals surface area contributed by atoms with E-state index in [4.69, 9.17) is 14.0 Å². The van der Waals surface area contributed by atoms with Gasteiger partial charge >= 0.3 is 0 Å². The average Bonchev–Trinajstić information content (AvgIpc) is 3.14. The number of aromatic nitrogens is 2. The number of methoxy groups -OCH3 is 2. The van der Waals surface area contributed by atoms with Crippen molar-refractivity contribution in [1.82, 2.24) is 15.0 Å². The number of hydrogen-bond acceptors (Lipinski definition) is 7. The van der Waals surface area contributed by atoms with Crippen LogP contribution >= 0.6 is 0 Å². The summed E-state index contributed by atoms with van der Waals surface area (Å²) in [7, 11) is 3.23. The molecule has 28 heavy (non-hydrogen) atoms. The van der Waals surface area contributed by atoms with Crippen LogP contribution in [0, 0.1) is 0 Å². The van der Waals surface area contributed by atoms with Crippen LogP contribution in [-0.4, -0.2) is 40.9 Å². The molecule has 0 spiro atoms. The SMILES string of the molecule is COc1ccc(OC)c2c1CN(Cc1nc(Cc3ccccc3)no1)C[C@@H]2O. The molecule has 7 nitrogen and oxygen atoms in total. The average molecular weight is 381 g/mol. The fourth-order valence-electron chi connectivity index (χ4n) is 3.66. The molecule has 0 saturated carbocycles. The molecule has 0 radical (unpaired) electrons. The van der Waals surface area contributed by atoms with Crippen LogP contribution in [-0.2, 0) is 19.5 Å². The van der Waals surface area contributed by atoms with Gasteiger partial charge < -0.3 is 19.1 Å². The summed E-state index contributed by atoms with van der Waals surface area (Å²) in [4.78, 5) is 6.56. The van der Waals surface area contributed by atoms with Crippen molar-refractivity contribution in [2.75, 3.05) is 20.8 Å². The third-order valence-electron chi connectivity index (χ3n) is 4.93. The van der Waals surface area contributed by atoms with Gasteiger partial charge in [0, 0.05) is 30.6 Å². The summed E-state index contributed by atoms with van der Waals surface area (Å²) >= 11 is 0. The summed E-state index contributed by atoms with van der Waals surface area (Å²) in [5.41, 5.74) is 2.84. The van der Waals surface area contributed by atoms with Gasteiger partial charge in [0.15, 0.2) is 5.82 Å². The third-order valence-corrected chi connectivity index (χ3v) is 4.93. The lowest BCUT2D eigenvalue weighted by atomic mass is 9.95. The number of β-amino-alcohol motifs (C(OH)–C–C–N with tert-alkyl or cyclic N) is 1. The third kappa shape index (κ3) is 3.72. The first-order valence-electron chi connectivity index (χ1n) is 9.17. The second-order valence-electron chi connectivity index (χ2n) is 6.81. The summed E-state index contributed by atoms with van der Waals surface area (Å²) in [5.74, 6) is 2.59. The van der Waals surface area contributed by atoms with Crippen molar-refractivity contribution in [3.05, 3.63) is 70.9 Å². The van der Waals surface area contributed by atoms with Crippen LogP contribution in [0.5, 0.6) is 11.5 Å². The predicted octanol–water partition coefficient (Wildman–Crippen LogP) is 2.73. The molecule has 0 bridgehead atoms. The summed E-state index contributed by atoms with van der Waals surface area (Å²) in [6.07, 6.45) is -0.0543. The summed E-state index contributed by atoms with van der Waals surface area (Å²) in [6.45, 7) is 1.51. The highest BCUT2D eigenvalue weighted by Crippen LogP contribution is 2.39. The van der Waals surface area contributed by atoms with Crippen molar-refractivity contribution >= 4 is 0 Å². The van der Waals surface area contributed by atoms with Crippen LogP contribution in [0.15, 0.2) is 47.0 Å². The maximum absolute atomic E-state index is 10.7. The highest BCUT2D eigenvalue weighted by atomic mass is 16.5. The number of aliphatic hydroxyl groups is 1. The molecule has 1 aliphatic heterocycles. The molecule has 0 unspecified atom stereocenters. The van der Waals surface area contributed by atoms with Gasteiger partial charge in [0.2, 0.25) is 5.89 Å². The molecule has 1 N–H and O–H groups in total. The Labute approximate surface area is 163 Å². The van der Waals surface area contributed by atoms with Gasteiger partial charge in [-0.1, -0.05) is 35.5 Å². The number of nitrogens with zero attached hydrogens (tertiary/aromatic N) is 3. The topological polar surface area (TPSA) is 80.9 Å². The zero-order valence-electron chi connectivity index (χ0n) is 16.0. The molecule has 1 aromatic heterocycles. The Bertz CT molecular complexity index is 942. The Morgan fingerprint density at radius 2 is 1.86 bits per heavy atom. The molecule has 7 heteroatoms. The number of fused-ring (bicyclic) bond motifs is 1. The van der Waals surface area contributed by atoms with Crippen molar-refractivity contribution in [3.63, 3.8) is 0 Å². The predicted molar refractivity (Wildman–Crippen MR) is 102 cm³/mol. The largest absolute Gasteiger partial charge is 0.496 e. The zero-order valence-corrected chi connectivity index (χ0v) is 16.0. The van der Waals surface area contributed by atoms with Crippen molar-refractivity contribution in [2.24, 2.45) is 0 Å². The van der Waals surface area contributed by atoms with Crippen molar-refractivity contribution < 1.29 is 19.1 Å². The van der Waals surface area contributed by atoms with E-state index in [1.807, 2.05) is 42.5 Å². The first-order chi connectivity index (χ1) is 13.7. The number of ether oxygens (including phenoxy) is 2. The first kappa shape index (κ1) is 18.5. The molecule has 0 saturated heterocycles. The van der Waals surface area contributed by atoms with E-state index in [9.17, 15) is 5.11 Å². The molecule has 3 aromatic rings. The summed E-state index contributed by atoms with van der Waals surface area (Å²) in [5, 5.41) is 14.8. The standard InChI is InChI=1S/C21H23N3O4/c1-26-17-8-9-18(27-2)21-15(17)11-24(12-16(21)25)13-20-22-19(23-28-20)10-14-6-4-3-5-7-14/h3-9,16,25H,10-13H2,1-2H3/t16-/m0/s1. The van der Waals surface area contributed by atoms with Gasteiger partial charge in [-0.05, 0) is 17.7 Å². The summed E-state index contributed by atoms with van der Waals surface area (Å²) in [6, 6.07) is 13.7. The lowest BCUT2D eigenvalue weighted by Crippen LogP contribution is -2.33. The lowest BCUT2D eigenvalue weighted by Gasteiger charge is -2.33. The highest BCUT2D eigenvalue weighted by molar-refractivity contribution is 5.51. The number of rotatable bonds is 6. The maximum atomic E-state index is 10.7. The minimum Gasteiger partial charge on any atom is -0.496 e. The highest BCUT2D eigenvalue weighted by Gasteiger charge is 2.30. The van der Waals surface area contributed by atoms with E-state index >= 15 is 0 Å². The van der Waals surface area contributed by atoms with E-state index in [0.717, 1.165) is 22.4 Å². The van der Waals surface area contributed by atoms with Crippen LogP contribution in [0.25, 0.3) is 0 Å². The quantitative estimate of drug-likeness (QED) is 0.703. The zero-order chi connectivity index (χ0) is 19.5. The van der Waals surface area contributed by atoms with Crippen molar-refractivity contribution in [1.29, 1.82) is 0 Å². The maximum Gasteiger partial charge on any atom is 0.240 e. The molecule has 1 aliphatic rings. The lowest BCUT2D eigenvalue weighted by molar-refractivity contribution is 0.0779. The van der Waals surface area contributed by atoms with E-state index in [-0.39, 0.29) is 0 Å². The van der Waals surface area contributed by atoms with Crippen LogP contribution in [0.4, 0.5) is 0 Å². The number of hydrogen-bond donors (Lipinski definition) is 1. The fraction of sp³-hybridized carbons (Fsp3) is 0.333. The molecular formula is C21H23N3O4. The molecule has 0 amide bonds. The molecule has 0 aliphatic carbocycles. The number of aliphatic hydroxyl groups excluding tert-OH is 1. The normalized spacial score (nSPS) is 16.6. The first-order valence-corrected chi connectivity index (χ1v) is 9.17. The Morgan fingerprint density at radius 1 is 1.11 bits per heavy atom. The molecular weight excluding hydrogens is 358 g/mol. The van der Waals surface area contributed by atoms with Gasteiger partial charge in [0.25, 0.3) is 0 Å². The second kappa shape index (κ2) is 8.00. The van der Waals surface area contributed by atoms with Gasteiger partial charge in [-0.15, -0.1) is 0 Å². The van der Waals surface area contributed by atoms with E-state index in [1.165, 1.54) is 0 Å². The van der Waals surface area contributed by atoms with Crippen LogP contribution < -0.4 is 9.47 Å². The Hall–Kier alpha value is -2.90. The molecule has 4 rings (SSSR count). The van der Waals surface area contributed by atoms with E-state index in [1.54, 1.807) is 14.2 Å². The molecule has 0 fully saturated rings. The van der Waals surface area contributed by atoms with Gasteiger partial charge in [-0.3, -0.25) is 4.90 Å². The van der Waals surface area contributed by atoms with E-state index in [0.29, 0.717) is 43.5 Å². The van der Waals surface area contributed by atoms with Crippen LogP contribution in [0.1, 0.15) is 34.5 Å². The number of benzene rings is 2. The smallest absolute Gasteiger partial charge is 0.240 e. The Morgan fingerprint density at radius 3 is 2.61 bits per heavy atom. The van der Waals surface area contributed by atoms with E-state index < -0.39 is 6.10 Å². The fourth-order valence-corrected chi connectivity index (χ4v) is 3.66. The van der Waals surface area contributed by atoms with Crippen LogP contribution in [0.3, 0.4) is 0 Å². The minimum absolute atomic E-state index is 0.451. The minimum atomic E-state index is -0.680. The van der Waals surface area contributed by atoms with Crippen molar-refractivity contribution in [3.8, 4) is 11.5 Å². The van der Waals surface area contributed by atoms with Crippen LogP contribution in [0.2, 0.25) is 0 Å². The molecule has 146 valence electrons.